The van der Waals surface area contributed by atoms with E-state index in [9.17, 15) is 8.78 Å². The van der Waals surface area contributed by atoms with Gasteiger partial charge in [-0.25, -0.2) is 8.78 Å². The monoisotopic (exact) mass is 280 g/mol. The van der Waals surface area contributed by atoms with E-state index in [1.807, 2.05) is 0 Å². The van der Waals surface area contributed by atoms with Crippen molar-refractivity contribution in [2.24, 2.45) is 5.92 Å². The Morgan fingerprint density at radius 3 is 2.45 bits per heavy atom. The highest BCUT2D eigenvalue weighted by Gasteiger charge is 2.12. The Morgan fingerprint density at radius 1 is 1.10 bits per heavy atom. The molecule has 0 spiro atoms. The summed E-state index contributed by atoms with van der Waals surface area (Å²) < 4.78 is 27.0. The topological polar surface area (TPSA) is 35.8 Å². The Labute approximate surface area is 119 Å². The highest BCUT2D eigenvalue weighted by atomic mass is 19.2. The van der Waals surface area contributed by atoms with Crippen LogP contribution in [0.3, 0.4) is 0 Å². The largest absolute Gasteiger partial charge is 0.383 e. The Kier molecular flexibility index (Phi) is 7.00. The zero-order chi connectivity index (χ0) is 15.0. The molecule has 1 N–H and O–H groups in total. The minimum Gasteiger partial charge on any atom is -0.383 e. The van der Waals surface area contributed by atoms with Crippen molar-refractivity contribution in [1.82, 2.24) is 0 Å². The van der Waals surface area contributed by atoms with Gasteiger partial charge in [-0.3, -0.25) is 0 Å². The molecule has 2 nitrogen and oxygen atoms in total. The summed E-state index contributed by atoms with van der Waals surface area (Å²) in [4.78, 5) is 0. The van der Waals surface area contributed by atoms with Crippen LogP contribution in [0.25, 0.3) is 0 Å². The lowest BCUT2D eigenvalue weighted by Gasteiger charge is -2.09. The van der Waals surface area contributed by atoms with Crippen molar-refractivity contribution < 1.29 is 8.78 Å². The maximum Gasteiger partial charge on any atom is 0.183 e. The summed E-state index contributed by atoms with van der Waals surface area (Å²) in [5, 5.41) is 11.5. The second-order valence-electron chi connectivity index (χ2n) is 5.42. The van der Waals surface area contributed by atoms with E-state index in [4.69, 9.17) is 5.26 Å². The van der Waals surface area contributed by atoms with Gasteiger partial charge in [0.05, 0.1) is 11.3 Å². The SMILES string of the molecule is CC(C)CCCCCCNc1ccc(C#N)c(F)c1F. The van der Waals surface area contributed by atoms with Crippen molar-refractivity contribution >= 4 is 5.69 Å². The maximum atomic E-state index is 13.6. The molecule has 0 radical (unpaired) electrons. The fourth-order valence-electron chi connectivity index (χ4n) is 2.03. The predicted molar refractivity (Wildman–Crippen MR) is 77.5 cm³/mol. The van der Waals surface area contributed by atoms with E-state index in [0.717, 1.165) is 18.8 Å². The van der Waals surface area contributed by atoms with E-state index in [1.54, 1.807) is 6.07 Å². The molecule has 0 aromatic heterocycles. The molecule has 110 valence electrons. The first-order valence-electron chi connectivity index (χ1n) is 7.18. The van der Waals surface area contributed by atoms with Gasteiger partial charge in [0.25, 0.3) is 0 Å². The lowest BCUT2D eigenvalue weighted by atomic mass is 10.0. The highest BCUT2D eigenvalue weighted by Crippen LogP contribution is 2.20. The Balaban J connectivity index is 2.29. The molecule has 0 saturated carbocycles. The third-order valence-corrected chi connectivity index (χ3v) is 3.23. The summed E-state index contributed by atoms with van der Waals surface area (Å²) in [6.07, 6.45) is 5.64. The first kappa shape index (κ1) is 16.4. The minimum atomic E-state index is -1.07. The molecule has 0 aliphatic heterocycles. The molecule has 0 heterocycles. The standard InChI is InChI=1S/C16H22F2N2/c1-12(2)7-5-3-4-6-10-20-14-9-8-13(11-19)15(17)16(14)18/h8-9,12,20H,3-7,10H2,1-2H3. The number of nitrogens with zero attached hydrogens (tertiary/aromatic N) is 1. The summed E-state index contributed by atoms with van der Waals surface area (Å²) >= 11 is 0. The van der Waals surface area contributed by atoms with Crippen molar-refractivity contribution in [1.29, 1.82) is 5.26 Å². The second-order valence-corrected chi connectivity index (χ2v) is 5.42. The number of benzene rings is 1. The van der Waals surface area contributed by atoms with Crippen molar-refractivity contribution in [2.45, 2.75) is 46.0 Å². The zero-order valence-electron chi connectivity index (χ0n) is 12.2. The summed E-state index contributed by atoms with van der Waals surface area (Å²) in [5.41, 5.74) is -0.134. The van der Waals surface area contributed by atoms with E-state index < -0.39 is 11.6 Å². The summed E-state index contributed by atoms with van der Waals surface area (Å²) in [6, 6.07) is 4.33. The minimum absolute atomic E-state index is 0.128. The Morgan fingerprint density at radius 2 is 1.80 bits per heavy atom. The average molecular weight is 280 g/mol. The molecule has 0 atom stereocenters. The quantitative estimate of drug-likeness (QED) is 0.691. The third kappa shape index (κ3) is 5.16. The molecule has 0 fully saturated rings. The molecule has 0 amide bonds. The average Bonchev–Trinajstić information content (AvgIpc) is 2.42. The Hall–Kier alpha value is -1.63. The van der Waals surface area contributed by atoms with Crippen LogP contribution in [-0.2, 0) is 0 Å². The van der Waals surface area contributed by atoms with Gasteiger partial charge in [0.15, 0.2) is 11.6 Å². The van der Waals surface area contributed by atoms with Gasteiger partial charge in [-0.2, -0.15) is 5.26 Å². The molecule has 1 aromatic carbocycles. The molecule has 20 heavy (non-hydrogen) atoms. The fraction of sp³-hybridized carbons (Fsp3) is 0.562. The van der Waals surface area contributed by atoms with Gasteiger partial charge in [0, 0.05) is 6.54 Å². The first-order chi connectivity index (χ1) is 9.56. The lowest BCUT2D eigenvalue weighted by Crippen LogP contribution is -2.05. The summed E-state index contributed by atoms with van der Waals surface area (Å²) in [6.45, 7) is 5.04. The van der Waals surface area contributed by atoms with Crippen LogP contribution in [0.4, 0.5) is 14.5 Å². The van der Waals surface area contributed by atoms with Crippen LogP contribution in [0.2, 0.25) is 0 Å². The maximum absolute atomic E-state index is 13.6. The molecular formula is C16H22F2N2. The van der Waals surface area contributed by atoms with Crippen LogP contribution < -0.4 is 5.32 Å². The van der Waals surface area contributed by atoms with E-state index in [2.05, 4.69) is 19.2 Å². The molecule has 0 bridgehead atoms. The second kappa shape index (κ2) is 8.52. The zero-order valence-corrected chi connectivity index (χ0v) is 12.2. The van der Waals surface area contributed by atoms with Gasteiger partial charge in [0.2, 0.25) is 0 Å². The number of hydrogen-bond acceptors (Lipinski definition) is 2. The van der Waals surface area contributed by atoms with Crippen molar-refractivity contribution in [3.63, 3.8) is 0 Å². The lowest BCUT2D eigenvalue weighted by molar-refractivity contribution is 0.507. The van der Waals surface area contributed by atoms with Gasteiger partial charge < -0.3 is 5.32 Å². The molecule has 0 saturated heterocycles. The van der Waals surface area contributed by atoms with Crippen LogP contribution in [0.15, 0.2) is 12.1 Å². The fourth-order valence-corrected chi connectivity index (χ4v) is 2.03. The van der Waals surface area contributed by atoms with Crippen LogP contribution in [0.5, 0.6) is 0 Å². The molecule has 0 aliphatic carbocycles. The number of hydrogen-bond donors (Lipinski definition) is 1. The van der Waals surface area contributed by atoms with E-state index >= 15 is 0 Å². The molecule has 4 heteroatoms. The number of unbranched alkanes of at least 4 members (excludes halogenated alkanes) is 3. The normalized spacial score (nSPS) is 10.6. The number of rotatable bonds is 8. The summed E-state index contributed by atoms with van der Waals surface area (Å²) in [7, 11) is 0. The van der Waals surface area contributed by atoms with Gasteiger partial charge >= 0.3 is 0 Å². The third-order valence-electron chi connectivity index (χ3n) is 3.23. The molecule has 1 rings (SSSR count). The van der Waals surface area contributed by atoms with Crippen molar-refractivity contribution in [3.05, 3.63) is 29.3 Å². The van der Waals surface area contributed by atoms with E-state index in [1.165, 1.54) is 31.4 Å². The predicted octanol–water partition coefficient (Wildman–Crippen LogP) is 4.85. The molecule has 0 unspecified atom stereocenters. The molecular weight excluding hydrogens is 258 g/mol. The highest BCUT2D eigenvalue weighted by molar-refractivity contribution is 5.49. The van der Waals surface area contributed by atoms with Crippen LogP contribution >= 0.6 is 0 Å². The number of nitriles is 1. The van der Waals surface area contributed by atoms with Gasteiger partial charge in [-0.15, -0.1) is 0 Å². The van der Waals surface area contributed by atoms with Crippen molar-refractivity contribution in [2.75, 3.05) is 11.9 Å². The summed E-state index contributed by atoms with van der Waals surface area (Å²) in [5.74, 6) is -1.30. The smallest absolute Gasteiger partial charge is 0.183 e. The van der Waals surface area contributed by atoms with Gasteiger partial charge in [-0.1, -0.05) is 39.5 Å². The number of anilines is 1. The van der Waals surface area contributed by atoms with Gasteiger partial charge in [0.1, 0.15) is 6.07 Å². The van der Waals surface area contributed by atoms with Crippen LogP contribution in [0.1, 0.15) is 51.5 Å². The number of halogens is 2. The molecule has 0 aliphatic rings. The van der Waals surface area contributed by atoms with E-state index in [-0.39, 0.29) is 11.3 Å². The van der Waals surface area contributed by atoms with Crippen molar-refractivity contribution in [3.8, 4) is 6.07 Å². The van der Waals surface area contributed by atoms with Gasteiger partial charge in [-0.05, 0) is 24.5 Å². The first-order valence-corrected chi connectivity index (χ1v) is 7.18. The van der Waals surface area contributed by atoms with Crippen LogP contribution in [0, 0.1) is 28.9 Å². The van der Waals surface area contributed by atoms with Crippen LogP contribution in [-0.4, -0.2) is 6.54 Å². The Bertz CT molecular complexity index is 464. The van der Waals surface area contributed by atoms with E-state index in [0.29, 0.717) is 6.54 Å². The molecule has 1 aromatic rings. The number of nitrogens with one attached hydrogen (secondary N) is 1.